The fourth-order valence-corrected chi connectivity index (χ4v) is 13.7. The van der Waals surface area contributed by atoms with E-state index in [0.717, 1.165) is 45.0 Å². The van der Waals surface area contributed by atoms with Crippen LogP contribution < -0.4 is 41.1 Å². The van der Waals surface area contributed by atoms with Crippen LogP contribution in [0, 0.1) is 0 Å². The molecule has 0 fully saturated rings. The van der Waals surface area contributed by atoms with Crippen molar-refractivity contribution in [2.75, 3.05) is 0 Å². The first-order valence-corrected chi connectivity index (χ1v) is 20.2. The van der Waals surface area contributed by atoms with Crippen molar-refractivity contribution < 1.29 is 9.39 Å². The zero-order valence-corrected chi connectivity index (χ0v) is 29.8. The molecule has 1 aromatic heterocycles. The molecule has 0 spiro atoms. The third kappa shape index (κ3) is 4.41. The summed E-state index contributed by atoms with van der Waals surface area (Å²) in [7, 11) is -2.79. The normalized spacial score (nSPS) is 12.8. The molecule has 53 heavy (non-hydrogen) atoms. The van der Waals surface area contributed by atoms with E-state index in [1.54, 1.807) is 0 Å². The number of rotatable bonds is 5. The van der Waals surface area contributed by atoms with Gasteiger partial charge in [0, 0.05) is 33.3 Å². The fraction of sp³-hybridized carbons (Fsp3) is 0. The first-order valence-electron chi connectivity index (χ1n) is 18.2. The Balaban J connectivity index is 1.22. The molecule has 0 aliphatic carbocycles. The van der Waals surface area contributed by atoms with Crippen LogP contribution in [-0.4, -0.2) is 19.6 Å². The van der Waals surface area contributed by atoms with Gasteiger partial charge in [0.15, 0.2) is 8.07 Å². The largest absolute Gasteiger partial charge is 0.551 e. The van der Waals surface area contributed by atoms with Gasteiger partial charge in [0.1, 0.15) is 17.2 Å². The minimum absolute atomic E-state index is 0.283. The van der Waals surface area contributed by atoms with Crippen LogP contribution in [0.2, 0.25) is 0 Å². The van der Waals surface area contributed by atoms with Crippen molar-refractivity contribution in [2.45, 2.75) is 0 Å². The van der Waals surface area contributed by atoms with Crippen LogP contribution in [0.4, 0.5) is 0 Å². The number of ether oxygens (including phenoxy) is 1. The second kappa shape index (κ2) is 11.7. The van der Waals surface area contributed by atoms with E-state index in [9.17, 15) is 0 Å². The van der Waals surface area contributed by atoms with E-state index >= 15 is 0 Å². The predicted octanol–water partition coefficient (Wildman–Crippen LogP) is 7.43. The topological polar surface area (TPSA) is 23.4 Å². The van der Waals surface area contributed by atoms with E-state index in [-0.39, 0.29) is 6.92 Å². The van der Waals surface area contributed by atoms with Crippen LogP contribution in [0.5, 0.6) is 17.2 Å². The second-order valence-corrected chi connectivity index (χ2v) is 17.8. The number of aromatic nitrogens is 1. The lowest BCUT2D eigenvalue weighted by Gasteiger charge is -2.37. The highest BCUT2D eigenvalue weighted by Gasteiger charge is 2.44. The summed E-state index contributed by atoms with van der Waals surface area (Å²) in [6.45, 7) is -0.283. The summed E-state index contributed by atoms with van der Waals surface area (Å²) >= 11 is 0. The van der Waals surface area contributed by atoms with Crippen LogP contribution in [0.25, 0.3) is 38.6 Å². The molecule has 9 aromatic rings. The summed E-state index contributed by atoms with van der Waals surface area (Å²) in [5.41, 5.74) is 7.73. The molecule has 0 bridgehead atoms. The Bertz CT molecular complexity index is 2700. The average Bonchev–Trinajstić information content (AvgIpc) is 3.57. The van der Waals surface area contributed by atoms with Crippen LogP contribution in [0.1, 0.15) is 0 Å². The molecule has 0 amide bonds. The molecule has 3 heterocycles. The Kier molecular flexibility index (Phi) is 6.67. The Hall–Kier alpha value is -6.56. The lowest BCUT2D eigenvalue weighted by molar-refractivity contribution is 0.479. The molecule has 0 unspecified atom stereocenters. The minimum atomic E-state index is -2.79. The third-order valence-electron chi connectivity index (χ3n) is 11.2. The maximum absolute atomic E-state index is 7.05. The monoisotopic (exact) mass is 693 g/mol. The van der Waals surface area contributed by atoms with Gasteiger partial charge in [0.2, 0.25) is 0 Å². The van der Waals surface area contributed by atoms with Gasteiger partial charge in [-0.2, -0.15) is 0 Å². The van der Waals surface area contributed by atoms with Gasteiger partial charge in [-0.3, -0.25) is 0 Å². The molecule has 248 valence electrons. The molecule has 2 aliphatic rings. The molecule has 0 N–H and O–H groups in total. The molecule has 0 saturated heterocycles. The molecule has 8 aromatic carbocycles. The van der Waals surface area contributed by atoms with E-state index in [4.69, 9.17) is 9.39 Å². The minimum Gasteiger partial charge on any atom is -0.551 e. The summed E-state index contributed by atoms with van der Waals surface area (Å²) in [4.78, 5) is 0. The number of benzene rings is 8. The van der Waals surface area contributed by atoms with Gasteiger partial charge in [-0.1, -0.05) is 158 Å². The molecular weight excluding hydrogens is 661 g/mol. The van der Waals surface area contributed by atoms with Crippen molar-refractivity contribution in [3.8, 4) is 34.1 Å². The summed E-state index contributed by atoms with van der Waals surface area (Å²) in [5.74, 6) is 2.54. The van der Waals surface area contributed by atoms with Gasteiger partial charge in [0.05, 0.1) is 16.7 Å². The zero-order valence-electron chi connectivity index (χ0n) is 28.8. The number of nitrogens with zero attached hydrogens (tertiary/aromatic N) is 1. The SMILES string of the molecule is c1ccc([Si](c2ccccc2)(c2ccccc2)c2ccc3c(c2)-c2cc(-n4c5ccccc5c5ccccc54)cc4c2B(O3)c2ccccc2O4)cc1. The van der Waals surface area contributed by atoms with Crippen LogP contribution >= 0.6 is 0 Å². The van der Waals surface area contributed by atoms with Gasteiger partial charge in [-0.05, 0) is 56.6 Å². The molecule has 3 nitrogen and oxygen atoms in total. The first-order chi connectivity index (χ1) is 26.3. The number of hydrogen-bond acceptors (Lipinski definition) is 2. The van der Waals surface area contributed by atoms with E-state index in [2.05, 4.69) is 187 Å². The highest BCUT2D eigenvalue weighted by Crippen LogP contribution is 2.42. The fourth-order valence-electron chi connectivity index (χ4n) is 8.97. The summed E-state index contributed by atoms with van der Waals surface area (Å²) in [5, 5.41) is 7.78. The second-order valence-electron chi connectivity index (χ2n) is 14.0. The lowest BCUT2D eigenvalue weighted by atomic mass is 9.51. The van der Waals surface area contributed by atoms with Crippen molar-refractivity contribution in [1.82, 2.24) is 4.57 Å². The quantitative estimate of drug-likeness (QED) is 0.138. The van der Waals surface area contributed by atoms with Gasteiger partial charge < -0.3 is 14.0 Å². The van der Waals surface area contributed by atoms with Crippen molar-refractivity contribution in [1.29, 1.82) is 0 Å². The Morgan fingerprint density at radius 3 is 1.58 bits per heavy atom. The Morgan fingerprint density at radius 1 is 0.415 bits per heavy atom. The smallest absolute Gasteiger partial charge is 0.434 e. The first kappa shape index (κ1) is 30.1. The summed E-state index contributed by atoms with van der Waals surface area (Å²) in [6, 6.07) is 70.5. The number of para-hydroxylation sites is 3. The molecular formula is C48H32BNO2Si. The molecule has 5 heteroatoms. The predicted molar refractivity (Wildman–Crippen MR) is 222 cm³/mol. The Morgan fingerprint density at radius 2 is 0.962 bits per heavy atom. The van der Waals surface area contributed by atoms with Crippen molar-refractivity contribution >= 4 is 68.5 Å². The van der Waals surface area contributed by atoms with Crippen LogP contribution in [0.3, 0.4) is 0 Å². The van der Waals surface area contributed by atoms with E-state index in [1.807, 2.05) is 12.1 Å². The lowest BCUT2D eigenvalue weighted by Crippen LogP contribution is -2.74. The van der Waals surface area contributed by atoms with Crippen LogP contribution in [0.15, 0.2) is 194 Å². The molecule has 2 aliphatic heterocycles. The molecule has 0 atom stereocenters. The van der Waals surface area contributed by atoms with Crippen molar-refractivity contribution in [3.05, 3.63) is 194 Å². The Labute approximate surface area is 309 Å². The van der Waals surface area contributed by atoms with E-state index in [1.165, 1.54) is 42.6 Å². The summed E-state index contributed by atoms with van der Waals surface area (Å²) < 4.78 is 16.3. The maximum Gasteiger partial charge on any atom is 0.434 e. The number of hydrogen-bond donors (Lipinski definition) is 0. The van der Waals surface area contributed by atoms with Crippen LogP contribution in [-0.2, 0) is 0 Å². The zero-order chi connectivity index (χ0) is 34.9. The molecule has 0 saturated carbocycles. The van der Waals surface area contributed by atoms with E-state index in [0.29, 0.717) is 0 Å². The van der Waals surface area contributed by atoms with Gasteiger partial charge in [-0.25, -0.2) is 0 Å². The van der Waals surface area contributed by atoms with E-state index < -0.39 is 8.07 Å². The highest BCUT2D eigenvalue weighted by molar-refractivity contribution is 7.20. The maximum atomic E-state index is 7.05. The standard InChI is InChI=1S/C48H32BNO2Si/c1-4-16-34(17-5-1)53(35-18-6-2-7-19-35,36-20-8-3-9-21-36)37-28-29-45-40(32-37)41-30-33(31-47-48(41)49(52-45)42-24-12-15-27-46(42)51-47)50-43-25-13-10-22-38(43)39-23-11-14-26-44(39)50/h1-32H. The van der Waals surface area contributed by atoms with Crippen molar-refractivity contribution in [3.63, 3.8) is 0 Å². The summed E-state index contributed by atoms with van der Waals surface area (Å²) in [6.07, 6.45) is 0. The third-order valence-corrected chi connectivity index (χ3v) is 16.0. The number of fused-ring (bicyclic) bond motifs is 7. The van der Waals surface area contributed by atoms with Gasteiger partial charge >= 0.3 is 6.92 Å². The van der Waals surface area contributed by atoms with Gasteiger partial charge in [-0.15, -0.1) is 0 Å². The average molecular weight is 694 g/mol. The van der Waals surface area contributed by atoms with Gasteiger partial charge in [0.25, 0.3) is 0 Å². The van der Waals surface area contributed by atoms with Crippen molar-refractivity contribution in [2.24, 2.45) is 0 Å². The molecule has 11 rings (SSSR count). The molecule has 0 radical (unpaired) electrons. The highest BCUT2D eigenvalue weighted by atomic mass is 28.3.